The van der Waals surface area contributed by atoms with E-state index in [0.29, 0.717) is 41.6 Å². The Hall–Kier alpha value is -6.77. The van der Waals surface area contributed by atoms with Crippen LogP contribution < -0.4 is 20.9 Å². The molecule has 2 unspecified atom stereocenters. The molecule has 0 spiro atoms. The summed E-state index contributed by atoms with van der Waals surface area (Å²) in [5, 5.41) is 5.14. The maximum atomic E-state index is 12.9. The van der Waals surface area contributed by atoms with Gasteiger partial charge in [-0.3, -0.25) is 29.0 Å². The van der Waals surface area contributed by atoms with Crippen LogP contribution >= 0.6 is 11.6 Å². The van der Waals surface area contributed by atoms with Gasteiger partial charge in [0.1, 0.15) is 34.3 Å². The molecule has 12 rings (SSSR count). The van der Waals surface area contributed by atoms with Crippen LogP contribution in [0.4, 0.5) is 29.0 Å². The highest BCUT2D eigenvalue weighted by molar-refractivity contribution is 6.28. The number of hydrogen-bond acceptors (Lipinski definition) is 14. The molecule has 384 valence electrons. The molecule has 20 nitrogen and oxygen atoms in total. The molecule has 6 aromatic heterocycles. The number of pyridine rings is 2. The zero-order valence-electron chi connectivity index (χ0n) is 42.2. The molecule has 4 amide bonds. The lowest BCUT2D eigenvalue weighted by Crippen LogP contribution is -2.54. The van der Waals surface area contributed by atoms with Crippen LogP contribution in [0, 0.1) is 0 Å². The number of carbonyl (C=O) groups excluding carboxylic acids is 4. The zero-order chi connectivity index (χ0) is 50.9. The third-order valence-electron chi connectivity index (χ3n) is 15.2. The van der Waals surface area contributed by atoms with Crippen molar-refractivity contribution in [2.75, 3.05) is 88.3 Å². The van der Waals surface area contributed by atoms with Crippen LogP contribution in [0.3, 0.4) is 0 Å². The number of carbonyl (C=O) groups is 4. The molecular weight excluding hydrogens is 948 g/mol. The van der Waals surface area contributed by atoms with Crippen molar-refractivity contribution < 1.29 is 19.2 Å². The maximum Gasteiger partial charge on any atom is 0.270 e. The number of piperazine rings is 2. The normalized spacial score (nSPS) is 20.5. The lowest BCUT2D eigenvalue weighted by molar-refractivity contribution is -0.125. The number of nitrogen functional groups attached to an aromatic ring is 1. The number of rotatable bonds is 8. The Labute approximate surface area is 429 Å². The molecule has 0 aromatic carbocycles. The molecule has 4 aliphatic heterocycles. The minimum atomic E-state index is -0.0281. The van der Waals surface area contributed by atoms with Gasteiger partial charge in [0.15, 0.2) is 0 Å². The van der Waals surface area contributed by atoms with Gasteiger partial charge in [0.05, 0.1) is 35.9 Å². The Morgan fingerprint density at radius 2 is 1.08 bits per heavy atom. The van der Waals surface area contributed by atoms with E-state index in [1.165, 1.54) is 12.8 Å². The summed E-state index contributed by atoms with van der Waals surface area (Å²) >= 11 is 5.92. The van der Waals surface area contributed by atoms with E-state index in [0.717, 1.165) is 130 Å². The zero-order valence-corrected chi connectivity index (χ0v) is 42.9. The van der Waals surface area contributed by atoms with Crippen LogP contribution in [0.25, 0.3) is 22.1 Å². The second kappa shape index (κ2) is 21.4. The molecule has 2 atom stereocenters. The van der Waals surface area contributed by atoms with Crippen LogP contribution in [0.1, 0.15) is 110 Å². The lowest BCUT2D eigenvalue weighted by atomic mass is 10.1. The second-order valence-electron chi connectivity index (χ2n) is 20.3. The fraction of sp³-hybridized carbons (Fsp3) is 0.500. The van der Waals surface area contributed by atoms with Gasteiger partial charge in [-0.05, 0) is 112 Å². The Morgan fingerprint density at radius 3 is 1.56 bits per heavy atom. The van der Waals surface area contributed by atoms with Crippen LogP contribution in [0.15, 0.2) is 61.2 Å². The molecule has 2 aliphatic carbocycles. The molecule has 10 heterocycles. The number of amides is 4. The van der Waals surface area contributed by atoms with E-state index < -0.39 is 0 Å². The summed E-state index contributed by atoms with van der Waals surface area (Å²) in [4.78, 5) is 88.2. The Kier molecular flexibility index (Phi) is 14.6. The van der Waals surface area contributed by atoms with Gasteiger partial charge in [-0.2, -0.15) is 9.97 Å². The molecular formula is C52H65ClN16O4. The first-order valence-corrected chi connectivity index (χ1v) is 26.1. The lowest BCUT2D eigenvalue weighted by Gasteiger charge is -2.36. The molecule has 4 saturated heterocycles. The summed E-state index contributed by atoms with van der Waals surface area (Å²) in [7, 11) is 7.07. The van der Waals surface area contributed by atoms with Gasteiger partial charge in [-0.25, -0.2) is 19.9 Å². The Morgan fingerprint density at radius 1 is 0.589 bits per heavy atom. The highest BCUT2D eigenvalue weighted by atomic mass is 35.5. The third kappa shape index (κ3) is 10.3. The molecule has 0 radical (unpaired) electrons. The molecule has 6 fully saturated rings. The summed E-state index contributed by atoms with van der Waals surface area (Å²) in [6.07, 6.45) is 19.9. The molecule has 21 heteroatoms. The predicted octanol–water partition coefficient (Wildman–Crippen LogP) is 6.57. The SMILES string of the molecule is CN(C)C(=O)c1cc2cnc(Cl)nc2n1C1CCCC1.CN(C)C(=O)c1cc2cnc(Nc3ccc(N4CCN5CCCC5C4=O)cn3)nc2n1C1CCCC1.Nc1ccc(N2CCN3CCCC3C2=O)cn1. The minimum absolute atomic E-state index is 0.00831. The van der Waals surface area contributed by atoms with E-state index in [9.17, 15) is 19.2 Å². The molecule has 6 aromatic rings. The third-order valence-corrected chi connectivity index (χ3v) is 15.4. The first-order valence-electron chi connectivity index (χ1n) is 25.7. The number of fused-ring (bicyclic) bond motifs is 4. The number of halogens is 1. The summed E-state index contributed by atoms with van der Waals surface area (Å²) in [6.45, 7) is 5.38. The fourth-order valence-corrected chi connectivity index (χ4v) is 11.6. The van der Waals surface area contributed by atoms with E-state index in [1.807, 2.05) is 40.1 Å². The Bertz CT molecular complexity index is 2980. The van der Waals surface area contributed by atoms with Crippen molar-refractivity contribution in [2.45, 2.75) is 101 Å². The quantitative estimate of drug-likeness (QED) is 0.154. The summed E-state index contributed by atoms with van der Waals surface area (Å²) in [6, 6.07) is 11.8. The van der Waals surface area contributed by atoms with E-state index in [4.69, 9.17) is 22.3 Å². The van der Waals surface area contributed by atoms with Crippen molar-refractivity contribution in [3.05, 3.63) is 77.9 Å². The molecule has 2 saturated carbocycles. The van der Waals surface area contributed by atoms with Crippen LogP contribution in [0.5, 0.6) is 0 Å². The van der Waals surface area contributed by atoms with Crippen molar-refractivity contribution in [1.82, 2.24) is 58.6 Å². The van der Waals surface area contributed by atoms with Gasteiger partial charge in [-0.1, -0.05) is 25.7 Å². The molecule has 73 heavy (non-hydrogen) atoms. The van der Waals surface area contributed by atoms with Gasteiger partial charge in [0.25, 0.3) is 11.8 Å². The topological polar surface area (TPSA) is 213 Å². The predicted molar refractivity (Wildman–Crippen MR) is 281 cm³/mol. The number of nitrogens with one attached hydrogen (secondary N) is 1. The van der Waals surface area contributed by atoms with Gasteiger partial charge in [0, 0.05) is 89.6 Å². The van der Waals surface area contributed by atoms with Gasteiger partial charge < -0.3 is 39.8 Å². The van der Waals surface area contributed by atoms with E-state index in [-0.39, 0.29) is 47.0 Å². The Balaban J connectivity index is 0.000000139. The van der Waals surface area contributed by atoms with Gasteiger partial charge in [0.2, 0.25) is 23.0 Å². The van der Waals surface area contributed by atoms with E-state index in [2.05, 4.69) is 49.2 Å². The average molecular weight is 1010 g/mol. The number of hydrogen-bond donors (Lipinski definition) is 2. The number of nitrogens with zero attached hydrogens (tertiary/aromatic N) is 14. The fourth-order valence-electron chi connectivity index (χ4n) is 11.5. The van der Waals surface area contributed by atoms with Crippen molar-refractivity contribution in [3.8, 4) is 0 Å². The first kappa shape index (κ1) is 49.8. The summed E-state index contributed by atoms with van der Waals surface area (Å²) in [5.74, 6) is 1.87. The van der Waals surface area contributed by atoms with E-state index >= 15 is 0 Å². The van der Waals surface area contributed by atoms with Crippen molar-refractivity contribution in [3.63, 3.8) is 0 Å². The maximum absolute atomic E-state index is 12.9. The monoisotopic (exact) mass is 1010 g/mol. The average Bonchev–Trinajstić information content (AvgIpc) is 4.26. The van der Waals surface area contributed by atoms with Crippen molar-refractivity contribution >= 4 is 86.3 Å². The number of nitrogens with two attached hydrogens (primary N) is 1. The molecule has 0 bridgehead atoms. The van der Waals surface area contributed by atoms with Gasteiger partial charge in [-0.15, -0.1) is 0 Å². The smallest absolute Gasteiger partial charge is 0.270 e. The molecule has 3 N–H and O–H groups in total. The van der Waals surface area contributed by atoms with Crippen LogP contribution in [-0.2, 0) is 9.59 Å². The molecule has 6 aliphatic rings. The summed E-state index contributed by atoms with van der Waals surface area (Å²) < 4.78 is 4.15. The van der Waals surface area contributed by atoms with Crippen molar-refractivity contribution in [1.29, 1.82) is 0 Å². The van der Waals surface area contributed by atoms with E-state index in [1.54, 1.807) is 68.8 Å². The number of aromatic nitrogens is 8. The highest BCUT2D eigenvalue weighted by Crippen LogP contribution is 2.37. The first-order chi connectivity index (χ1) is 35.3. The van der Waals surface area contributed by atoms with Gasteiger partial charge >= 0.3 is 0 Å². The summed E-state index contributed by atoms with van der Waals surface area (Å²) in [5.41, 5.74) is 10.1. The number of anilines is 5. The van der Waals surface area contributed by atoms with Crippen molar-refractivity contribution in [2.24, 2.45) is 0 Å². The second-order valence-corrected chi connectivity index (χ2v) is 20.6. The standard InChI is InChI=1S/C26H32N8O2.C14H17ClN4O.C12H16N4O/c1-31(2)24(35)21-14-17-15-28-26(30-23(17)34(21)18-6-3-4-7-18)29-22-10-9-19(16-27-22)33-13-12-32-11-5-8-20(32)25(33)36;1-18(2)13(20)11-7-9-8-16-14(15)17-12(9)19(11)10-5-3-4-6-10;13-11-4-3-9(8-14-11)16-7-6-15-5-1-2-10(15)12(16)17/h9-10,14-16,18,20H,3-8,11-13H2,1-2H3,(H,27,28,29,30);7-8,10H,3-6H2,1-2H3;3-4,8,10H,1-2,5-7H2,(H2,13,14). The van der Waals surface area contributed by atoms with Crippen LogP contribution in [-0.4, -0.2) is 162 Å². The minimum Gasteiger partial charge on any atom is -0.384 e. The largest absolute Gasteiger partial charge is 0.384 e. The van der Waals surface area contributed by atoms with Crippen LogP contribution in [0.2, 0.25) is 5.28 Å². The highest BCUT2D eigenvalue weighted by Gasteiger charge is 2.39.